The topological polar surface area (TPSA) is 46.2 Å². The van der Waals surface area contributed by atoms with Crippen LogP contribution >= 0.6 is 11.6 Å². The van der Waals surface area contributed by atoms with E-state index < -0.39 is 46.1 Å². The van der Waals surface area contributed by atoms with E-state index in [1.165, 1.54) is 0 Å². The summed E-state index contributed by atoms with van der Waals surface area (Å²) in [4.78, 5) is 22.4. The number of nitrogens with one attached hydrogen (secondary N) is 1. The van der Waals surface area contributed by atoms with Crippen LogP contribution in [0.25, 0.3) is 0 Å². The molecule has 0 aromatic heterocycles. The highest BCUT2D eigenvalue weighted by Gasteiger charge is 2.43. The molecular weight excluding hydrogens is 259 g/mol. The van der Waals surface area contributed by atoms with E-state index in [-0.39, 0.29) is 0 Å². The average Bonchev–Trinajstić information content (AvgIpc) is 2.52. The van der Waals surface area contributed by atoms with Gasteiger partial charge >= 0.3 is 0 Å². The zero-order valence-corrected chi connectivity index (χ0v) is 8.89. The molecule has 1 aromatic carbocycles. The predicted molar refractivity (Wildman–Crippen MR) is 51.8 cm³/mol. The normalized spacial score (nSPS) is 24.0. The van der Waals surface area contributed by atoms with Gasteiger partial charge in [-0.05, 0) is 6.07 Å². The Morgan fingerprint density at radius 3 is 2.24 bits per heavy atom. The second-order valence-electron chi connectivity index (χ2n) is 3.50. The third kappa shape index (κ3) is 1.78. The molecule has 0 spiro atoms. The Balaban J connectivity index is 2.51. The van der Waals surface area contributed by atoms with E-state index in [0.717, 1.165) is 6.07 Å². The second-order valence-corrected chi connectivity index (χ2v) is 3.97. The molecule has 2 unspecified atom stereocenters. The van der Waals surface area contributed by atoms with Crippen molar-refractivity contribution in [3.63, 3.8) is 0 Å². The van der Waals surface area contributed by atoms with E-state index in [4.69, 9.17) is 11.6 Å². The maximum atomic E-state index is 13.4. The van der Waals surface area contributed by atoms with E-state index in [9.17, 15) is 22.8 Å². The minimum atomic E-state index is -1.70. The van der Waals surface area contributed by atoms with Crippen molar-refractivity contribution in [3.8, 4) is 0 Å². The minimum absolute atomic E-state index is 0.438. The van der Waals surface area contributed by atoms with Gasteiger partial charge < -0.3 is 0 Å². The number of amides is 2. The average molecular weight is 264 g/mol. The van der Waals surface area contributed by atoms with Crippen LogP contribution in [-0.4, -0.2) is 17.2 Å². The fraction of sp³-hybridized carbons (Fsp3) is 0.200. The molecule has 90 valence electrons. The van der Waals surface area contributed by atoms with Gasteiger partial charge in [0.25, 0.3) is 0 Å². The number of benzene rings is 1. The molecule has 0 aliphatic carbocycles. The molecule has 2 rings (SSSR count). The molecule has 17 heavy (non-hydrogen) atoms. The van der Waals surface area contributed by atoms with Crippen molar-refractivity contribution in [2.75, 3.05) is 0 Å². The molecule has 0 radical (unpaired) electrons. The highest BCUT2D eigenvalue weighted by Crippen LogP contribution is 2.31. The predicted octanol–water partition coefficient (Wildman–Crippen LogP) is 1.45. The summed E-state index contributed by atoms with van der Waals surface area (Å²) >= 11 is 5.61. The summed E-state index contributed by atoms with van der Waals surface area (Å²) in [7, 11) is 0. The van der Waals surface area contributed by atoms with Crippen LogP contribution in [0.15, 0.2) is 12.1 Å². The van der Waals surface area contributed by atoms with E-state index in [1.54, 1.807) is 0 Å². The molecule has 1 aromatic rings. The Bertz CT molecular complexity index is 521. The number of halogens is 4. The molecule has 7 heteroatoms. The van der Waals surface area contributed by atoms with Crippen molar-refractivity contribution in [1.29, 1.82) is 0 Å². The summed E-state index contributed by atoms with van der Waals surface area (Å²) < 4.78 is 39.1. The zero-order chi connectivity index (χ0) is 12.7. The first-order valence-corrected chi connectivity index (χ1v) is 4.99. The summed E-state index contributed by atoms with van der Waals surface area (Å²) in [6.45, 7) is 0. The number of alkyl halides is 1. The van der Waals surface area contributed by atoms with Crippen LogP contribution in [0.1, 0.15) is 11.5 Å². The molecule has 0 bridgehead atoms. The summed E-state index contributed by atoms with van der Waals surface area (Å²) in [5.41, 5.74) is -0.438. The molecule has 3 nitrogen and oxygen atoms in total. The van der Waals surface area contributed by atoms with Crippen LogP contribution in [0, 0.1) is 17.5 Å². The number of hydrogen-bond donors (Lipinski definition) is 1. The van der Waals surface area contributed by atoms with E-state index >= 15 is 0 Å². The lowest BCUT2D eigenvalue weighted by atomic mass is 9.96. The fourth-order valence-corrected chi connectivity index (χ4v) is 1.94. The molecule has 1 heterocycles. The summed E-state index contributed by atoms with van der Waals surface area (Å²) in [5, 5.41) is 0.552. The van der Waals surface area contributed by atoms with Gasteiger partial charge in [0.2, 0.25) is 11.8 Å². The number of imide groups is 1. The number of hydrogen-bond acceptors (Lipinski definition) is 2. The molecule has 2 amide bonds. The molecule has 1 aliphatic heterocycles. The Morgan fingerprint density at radius 1 is 1.06 bits per heavy atom. The minimum Gasteiger partial charge on any atom is -0.295 e. The van der Waals surface area contributed by atoms with Crippen molar-refractivity contribution < 1.29 is 22.8 Å². The van der Waals surface area contributed by atoms with Gasteiger partial charge in [0, 0.05) is 5.56 Å². The van der Waals surface area contributed by atoms with Crippen molar-refractivity contribution in [2.24, 2.45) is 0 Å². The zero-order valence-electron chi connectivity index (χ0n) is 8.14. The van der Waals surface area contributed by atoms with Gasteiger partial charge in [-0.2, -0.15) is 0 Å². The lowest BCUT2D eigenvalue weighted by Gasteiger charge is -2.11. The fourth-order valence-electron chi connectivity index (χ4n) is 1.63. The first-order chi connectivity index (χ1) is 7.93. The molecular formula is C10H5ClF3NO2. The number of carbonyl (C=O) groups is 2. The van der Waals surface area contributed by atoms with Crippen molar-refractivity contribution in [3.05, 3.63) is 35.1 Å². The molecule has 1 saturated heterocycles. The quantitative estimate of drug-likeness (QED) is 0.474. The van der Waals surface area contributed by atoms with E-state index in [1.807, 2.05) is 5.32 Å². The van der Waals surface area contributed by atoms with Gasteiger partial charge in [-0.25, -0.2) is 13.2 Å². The third-order valence-corrected chi connectivity index (χ3v) is 2.92. The van der Waals surface area contributed by atoms with Crippen LogP contribution in [0.5, 0.6) is 0 Å². The molecule has 1 aliphatic rings. The van der Waals surface area contributed by atoms with Gasteiger partial charge in [-0.3, -0.25) is 14.9 Å². The summed E-state index contributed by atoms with van der Waals surface area (Å²) in [5.74, 6) is -7.55. The van der Waals surface area contributed by atoms with Crippen LogP contribution in [0.2, 0.25) is 0 Å². The highest BCUT2D eigenvalue weighted by molar-refractivity contribution is 6.37. The number of rotatable bonds is 1. The van der Waals surface area contributed by atoms with Gasteiger partial charge in [0.05, 0.1) is 5.92 Å². The Hall–Kier alpha value is -1.56. The van der Waals surface area contributed by atoms with Crippen molar-refractivity contribution in [2.45, 2.75) is 11.3 Å². The van der Waals surface area contributed by atoms with Gasteiger partial charge in [0.1, 0.15) is 5.38 Å². The van der Waals surface area contributed by atoms with Gasteiger partial charge in [0.15, 0.2) is 17.5 Å². The maximum absolute atomic E-state index is 13.4. The van der Waals surface area contributed by atoms with E-state index in [0.29, 0.717) is 6.07 Å². The Morgan fingerprint density at radius 2 is 1.71 bits per heavy atom. The number of carbonyl (C=O) groups excluding carboxylic acids is 2. The first kappa shape index (κ1) is 11.9. The van der Waals surface area contributed by atoms with Crippen molar-refractivity contribution >= 4 is 23.4 Å². The first-order valence-electron chi connectivity index (χ1n) is 4.55. The third-order valence-electron chi connectivity index (χ3n) is 2.47. The molecule has 0 saturated carbocycles. The standard InChI is InChI=1S/C10H5ClF3NO2/c11-6-5(9(16)15-10(6)17)3-1-2-4(12)8(14)7(3)13/h1-2,5-6H,(H,15,16,17). The summed E-state index contributed by atoms with van der Waals surface area (Å²) in [6.07, 6.45) is 0. The summed E-state index contributed by atoms with van der Waals surface area (Å²) in [6, 6.07) is 1.57. The smallest absolute Gasteiger partial charge is 0.245 e. The monoisotopic (exact) mass is 263 g/mol. The molecule has 2 atom stereocenters. The van der Waals surface area contributed by atoms with Crippen LogP contribution < -0.4 is 5.32 Å². The molecule has 1 fully saturated rings. The Kier molecular flexibility index (Phi) is 2.82. The van der Waals surface area contributed by atoms with Crippen LogP contribution in [-0.2, 0) is 9.59 Å². The Labute approximate surface area is 98.6 Å². The second kappa shape index (κ2) is 4.03. The van der Waals surface area contributed by atoms with Gasteiger partial charge in [-0.15, -0.1) is 11.6 Å². The lowest BCUT2D eigenvalue weighted by Crippen LogP contribution is -2.22. The maximum Gasteiger partial charge on any atom is 0.245 e. The van der Waals surface area contributed by atoms with E-state index in [2.05, 4.69) is 0 Å². The lowest BCUT2D eigenvalue weighted by molar-refractivity contribution is -0.125. The van der Waals surface area contributed by atoms with Crippen LogP contribution in [0.4, 0.5) is 13.2 Å². The van der Waals surface area contributed by atoms with Gasteiger partial charge in [-0.1, -0.05) is 6.07 Å². The SMILES string of the molecule is O=C1NC(=O)C(c2ccc(F)c(F)c2F)C1Cl. The largest absolute Gasteiger partial charge is 0.295 e. The van der Waals surface area contributed by atoms with Crippen molar-refractivity contribution in [1.82, 2.24) is 5.32 Å². The van der Waals surface area contributed by atoms with Crippen LogP contribution in [0.3, 0.4) is 0 Å². The highest BCUT2D eigenvalue weighted by atomic mass is 35.5. The molecule has 1 N–H and O–H groups in total.